The van der Waals surface area contributed by atoms with Crippen LogP contribution in [0.15, 0.2) is 21.6 Å². The molecule has 1 aromatic carbocycles. The van der Waals surface area contributed by atoms with Crippen LogP contribution in [0.2, 0.25) is 0 Å². The smallest absolute Gasteiger partial charge is 0.410 e. The summed E-state index contributed by atoms with van der Waals surface area (Å²) in [6.45, 7) is 3.91. The molecule has 0 bridgehead atoms. The lowest BCUT2D eigenvalue weighted by atomic mass is 9.93. The number of benzene rings is 1. The quantitative estimate of drug-likeness (QED) is 0.677. The van der Waals surface area contributed by atoms with Crippen LogP contribution in [0.1, 0.15) is 26.3 Å². The first-order valence-electron chi connectivity index (χ1n) is 6.78. The number of sulfone groups is 1. The normalized spacial score (nSPS) is 25.0. The van der Waals surface area contributed by atoms with E-state index in [0.29, 0.717) is 0 Å². The summed E-state index contributed by atoms with van der Waals surface area (Å²) in [5, 5.41) is 10.9. The molecule has 24 heavy (non-hydrogen) atoms. The van der Waals surface area contributed by atoms with Gasteiger partial charge in [-0.2, -0.15) is 0 Å². The lowest BCUT2D eigenvalue weighted by molar-refractivity contribution is 0.199. The van der Waals surface area contributed by atoms with Crippen LogP contribution < -0.4 is 5.32 Å². The first kappa shape index (κ1) is 18.8. The van der Waals surface area contributed by atoms with Gasteiger partial charge in [-0.25, -0.2) is 22.0 Å². The van der Waals surface area contributed by atoms with Crippen molar-refractivity contribution in [3.8, 4) is 0 Å². The molecule has 132 valence electrons. The number of hydrogen-bond acceptors (Lipinski definition) is 4. The van der Waals surface area contributed by atoms with Gasteiger partial charge >= 0.3 is 6.09 Å². The average Bonchev–Trinajstić information content (AvgIpc) is 2.39. The summed E-state index contributed by atoms with van der Waals surface area (Å²) in [5.41, 5.74) is -1.96. The molecule has 10 heteroatoms. The van der Waals surface area contributed by atoms with E-state index in [4.69, 9.17) is 5.11 Å². The van der Waals surface area contributed by atoms with E-state index in [1.54, 1.807) is 0 Å². The zero-order chi connectivity index (χ0) is 18.5. The first-order valence-corrected chi connectivity index (χ1v) is 9.22. The van der Waals surface area contributed by atoms with Gasteiger partial charge in [-0.3, -0.25) is 10.3 Å². The van der Waals surface area contributed by atoms with Crippen molar-refractivity contribution in [1.29, 1.82) is 0 Å². The lowest BCUT2D eigenvalue weighted by Crippen LogP contribution is -2.57. The molecular formula is C14H15BrF2N2O4S. The Morgan fingerprint density at radius 3 is 2.46 bits per heavy atom. The zero-order valence-electron chi connectivity index (χ0n) is 13.0. The Kier molecular flexibility index (Phi) is 4.51. The third kappa shape index (κ3) is 3.04. The number of nitrogens with zero attached hydrogens (tertiary/aromatic N) is 1. The maximum Gasteiger partial charge on any atom is 0.410 e. The van der Waals surface area contributed by atoms with Crippen molar-refractivity contribution >= 4 is 37.7 Å². The van der Waals surface area contributed by atoms with Crippen LogP contribution in [0.3, 0.4) is 0 Å². The molecule has 1 unspecified atom stereocenters. The molecule has 6 nitrogen and oxygen atoms in total. The highest BCUT2D eigenvalue weighted by Gasteiger charge is 2.51. The van der Waals surface area contributed by atoms with Crippen LogP contribution in [-0.2, 0) is 15.4 Å². The minimum absolute atomic E-state index is 0.211. The van der Waals surface area contributed by atoms with Crippen LogP contribution in [-0.4, -0.2) is 36.0 Å². The highest BCUT2D eigenvalue weighted by molar-refractivity contribution is 9.10. The van der Waals surface area contributed by atoms with Crippen molar-refractivity contribution < 1.29 is 27.1 Å². The molecule has 0 saturated heterocycles. The van der Waals surface area contributed by atoms with E-state index in [0.717, 1.165) is 6.07 Å². The molecule has 1 heterocycles. The number of halogens is 3. The third-order valence-corrected chi connectivity index (χ3v) is 7.12. The molecule has 0 aromatic heterocycles. The van der Waals surface area contributed by atoms with Gasteiger partial charge in [0.2, 0.25) is 0 Å². The van der Waals surface area contributed by atoms with Gasteiger partial charge in [0, 0.05) is 10.0 Å². The molecular weight excluding hydrogens is 410 g/mol. The number of carbonyl (C=O) groups is 1. The fraction of sp³-hybridized carbons (Fsp3) is 0.429. The summed E-state index contributed by atoms with van der Waals surface area (Å²) in [6, 6.07) is 2.14. The molecule has 1 atom stereocenters. The second-order valence-electron chi connectivity index (χ2n) is 6.18. The summed E-state index contributed by atoms with van der Waals surface area (Å²) in [5.74, 6) is -3.33. The molecule has 1 amide bonds. The fourth-order valence-corrected chi connectivity index (χ4v) is 4.62. The number of amides is 1. The minimum atomic E-state index is -3.92. The Hall–Kier alpha value is -1.55. The molecule has 0 fully saturated rings. The topological polar surface area (TPSA) is 95.8 Å². The van der Waals surface area contributed by atoms with Gasteiger partial charge < -0.3 is 5.11 Å². The number of aliphatic imine (C=N–C) groups is 1. The average molecular weight is 425 g/mol. The lowest BCUT2D eigenvalue weighted by Gasteiger charge is -2.39. The summed E-state index contributed by atoms with van der Waals surface area (Å²) < 4.78 is 51.8. The molecule has 1 aromatic rings. The van der Waals surface area contributed by atoms with Gasteiger partial charge in [-0.05, 0) is 32.9 Å². The van der Waals surface area contributed by atoms with Crippen molar-refractivity contribution in [3.05, 3.63) is 33.8 Å². The maximum absolute atomic E-state index is 14.2. The maximum atomic E-state index is 14.2. The Morgan fingerprint density at radius 2 is 1.92 bits per heavy atom. The molecule has 2 rings (SSSR count). The first-order chi connectivity index (χ1) is 10.8. The Balaban J connectivity index is 2.76. The van der Waals surface area contributed by atoms with E-state index in [1.807, 2.05) is 5.32 Å². The molecule has 0 aliphatic carbocycles. The Morgan fingerprint density at radius 1 is 1.33 bits per heavy atom. The van der Waals surface area contributed by atoms with E-state index in [-0.39, 0.29) is 15.9 Å². The van der Waals surface area contributed by atoms with E-state index < -0.39 is 43.6 Å². The zero-order valence-corrected chi connectivity index (χ0v) is 15.4. The van der Waals surface area contributed by atoms with E-state index >= 15 is 0 Å². The van der Waals surface area contributed by atoms with E-state index in [2.05, 4.69) is 20.9 Å². The molecule has 0 spiro atoms. The van der Waals surface area contributed by atoms with Crippen molar-refractivity contribution in [2.45, 2.75) is 31.1 Å². The van der Waals surface area contributed by atoms with Gasteiger partial charge in [-0.1, -0.05) is 15.9 Å². The molecule has 0 radical (unpaired) electrons. The summed E-state index contributed by atoms with van der Waals surface area (Å²) in [7, 11) is -3.92. The predicted molar refractivity (Wildman–Crippen MR) is 87.9 cm³/mol. The number of nitrogens with one attached hydrogen (secondary N) is 1. The van der Waals surface area contributed by atoms with Gasteiger partial charge in [0.05, 0.1) is 5.75 Å². The monoisotopic (exact) mass is 424 g/mol. The van der Waals surface area contributed by atoms with Gasteiger partial charge in [-0.15, -0.1) is 0 Å². The van der Waals surface area contributed by atoms with Crippen LogP contribution in [0, 0.1) is 11.6 Å². The van der Waals surface area contributed by atoms with E-state index in [9.17, 15) is 22.0 Å². The molecule has 0 saturated carbocycles. The van der Waals surface area contributed by atoms with Gasteiger partial charge in [0.25, 0.3) is 0 Å². The number of amidine groups is 1. The second-order valence-corrected chi connectivity index (χ2v) is 9.64. The Labute approximate surface area is 146 Å². The third-order valence-electron chi connectivity index (χ3n) is 3.98. The van der Waals surface area contributed by atoms with Crippen molar-refractivity contribution in [2.75, 3.05) is 5.75 Å². The highest BCUT2D eigenvalue weighted by atomic mass is 79.9. The molecule has 1 aliphatic heterocycles. The van der Waals surface area contributed by atoms with E-state index in [1.165, 1.54) is 26.8 Å². The van der Waals surface area contributed by atoms with Crippen molar-refractivity contribution in [1.82, 2.24) is 5.32 Å². The standard InChI is InChI=1S/C14H15BrF2N2O4S/c1-13(2)11(18-12(20)21)19-14(3,6-24(13,22)23)8-4-7(15)5-9(16)10(8)17/h4-5H,6H2,1-3H3,(H,18,19)(H,20,21). The number of rotatable bonds is 1. The van der Waals surface area contributed by atoms with Gasteiger partial charge in [0.15, 0.2) is 21.5 Å². The SMILES string of the molecule is CC1(c2cc(Br)cc(F)c2F)CS(=O)(=O)C(C)(C)C(NC(=O)O)=N1. The predicted octanol–water partition coefficient (Wildman–Crippen LogP) is 2.82. The van der Waals surface area contributed by atoms with Crippen molar-refractivity contribution in [2.24, 2.45) is 4.99 Å². The van der Waals surface area contributed by atoms with Crippen LogP contribution in [0.25, 0.3) is 0 Å². The highest BCUT2D eigenvalue weighted by Crippen LogP contribution is 2.39. The van der Waals surface area contributed by atoms with Crippen LogP contribution in [0.5, 0.6) is 0 Å². The molecule has 1 aliphatic rings. The number of hydrogen-bond donors (Lipinski definition) is 2. The summed E-state index contributed by atoms with van der Waals surface area (Å²) in [4.78, 5) is 15.1. The van der Waals surface area contributed by atoms with Gasteiger partial charge in [0.1, 0.15) is 16.1 Å². The number of carboxylic acid groups (broad SMARTS) is 1. The van der Waals surface area contributed by atoms with Crippen LogP contribution >= 0.6 is 15.9 Å². The summed E-state index contributed by atoms with van der Waals surface area (Å²) >= 11 is 3.03. The summed E-state index contributed by atoms with van der Waals surface area (Å²) in [6.07, 6.45) is -1.50. The Bertz CT molecular complexity index is 855. The minimum Gasteiger partial charge on any atom is -0.465 e. The molecule has 2 N–H and O–H groups in total. The van der Waals surface area contributed by atoms with Crippen LogP contribution in [0.4, 0.5) is 13.6 Å². The van der Waals surface area contributed by atoms with Crippen molar-refractivity contribution in [3.63, 3.8) is 0 Å². The largest absolute Gasteiger partial charge is 0.465 e. The second kappa shape index (κ2) is 5.76. The fourth-order valence-electron chi connectivity index (χ4n) is 2.48.